The average Bonchev–Trinajstić information content (AvgIpc) is 2.66. The molecule has 0 spiro atoms. The van der Waals surface area contributed by atoms with Crippen molar-refractivity contribution in [3.05, 3.63) is 70.6 Å². The van der Waals surface area contributed by atoms with Crippen LogP contribution in [0.1, 0.15) is 26.5 Å². The molecule has 1 amide bonds. The fourth-order valence-corrected chi connectivity index (χ4v) is 4.85. The van der Waals surface area contributed by atoms with Crippen molar-refractivity contribution in [2.75, 3.05) is 0 Å². The van der Waals surface area contributed by atoms with Gasteiger partial charge in [0.2, 0.25) is 9.84 Å². The summed E-state index contributed by atoms with van der Waals surface area (Å²) in [6.07, 6.45) is 4.67. The normalized spacial score (nSPS) is 21.8. The standard InChI is InChI=1S/C21H20N2O7S/c1-12-14(8-9-16(24)30-21(2,3)4)17(20(26)27)23-18(25)15(19(23)31(12,28)29)11-13-7-5-6-10-22-13/h5-11,19H,1H2,2-4H3,(H,26,27)/b9-8+,15-11-/t19-/m0/s1. The maximum absolute atomic E-state index is 13.0. The summed E-state index contributed by atoms with van der Waals surface area (Å²) in [5.41, 5.74) is -1.51. The molecule has 3 rings (SSSR count). The Labute approximate surface area is 178 Å². The van der Waals surface area contributed by atoms with E-state index in [1.54, 1.807) is 39.0 Å². The molecule has 1 fully saturated rings. The van der Waals surface area contributed by atoms with Crippen molar-refractivity contribution in [1.29, 1.82) is 0 Å². The van der Waals surface area contributed by atoms with Crippen LogP contribution in [0.4, 0.5) is 0 Å². The van der Waals surface area contributed by atoms with Crippen molar-refractivity contribution in [3.8, 4) is 0 Å². The number of rotatable bonds is 4. The molecule has 9 nitrogen and oxygen atoms in total. The second kappa shape index (κ2) is 7.62. The first-order valence-electron chi connectivity index (χ1n) is 9.12. The van der Waals surface area contributed by atoms with Crippen molar-refractivity contribution in [2.45, 2.75) is 31.7 Å². The minimum absolute atomic E-state index is 0.117. The van der Waals surface area contributed by atoms with E-state index in [-0.39, 0.29) is 11.1 Å². The number of carboxylic acids is 1. The molecule has 0 radical (unpaired) electrons. The van der Waals surface area contributed by atoms with Gasteiger partial charge in [0.15, 0.2) is 5.37 Å². The number of nitrogens with zero attached hydrogens (tertiary/aromatic N) is 2. The van der Waals surface area contributed by atoms with Gasteiger partial charge in [-0.3, -0.25) is 14.7 Å². The monoisotopic (exact) mass is 444 g/mol. The number of β-lactam (4-membered cyclic amide) rings is 1. The van der Waals surface area contributed by atoms with Gasteiger partial charge >= 0.3 is 11.9 Å². The predicted octanol–water partition coefficient (Wildman–Crippen LogP) is 1.81. The van der Waals surface area contributed by atoms with Gasteiger partial charge in [0.1, 0.15) is 11.3 Å². The SMILES string of the molecule is C=C1C(/C=C/C(=O)OC(C)(C)C)=C(C(=O)O)N2C(=O)/C(=C/c3ccccn3)[C@@H]2S1(=O)=O. The summed E-state index contributed by atoms with van der Waals surface area (Å²) < 4.78 is 31.2. The average molecular weight is 444 g/mol. The van der Waals surface area contributed by atoms with Crippen molar-refractivity contribution >= 4 is 33.8 Å². The lowest BCUT2D eigenvalue weighted by molar-refractivity contribution is -0.148. The summed E-state index contributed by atoms with van der Waals surface area (Å²) in [4.78, 5) is 40.8. The number of ether oxygens (including phenoxy) is 1. The zero-order chi connectivity index (χ0) is 23.1. The summed E-state index contributed by atoms with van der Waals surface area (Å²) in [5, 5.41) is 8.17. The van der Waals surface area contributed by atoms with Gasteiger partial charge < -0.3 is 9.84 Å². The highest BCUT2D eigenvalue weighted by Gasteiger charge is 2.57. The number of amides is 1. The largest absolute Gasteiger partial charge is 0.477 e. The first-order valence-corrected chi connectivity index (χ1v) is 10.7. The number of carbonyl (C=O) groups excluding carboxylic acids is 2. The number of allylic oxidation sites excluding steroid dienone is 2. The zero-order valence-electron chi connectivity index (χ0n) is 17.0. The lowest BCUT2D eigenvalue weighted by atomic mass is 10.00. The highest BCUT2D eigenvalue weighted by atomic mass is 32.2. The topological polar surface area (TPSA) is 131 Å². The summed E-state index contributed by atoms with van der Waals surface area (Å²) in [6.45, 7) is 8.45. The molecular weight excluding hydrogens is 424 g/mol. The minimum atomic E-state index is -4.21. The number of hydrogen-bond donors (Lipinski definition) is 1. The molecule has 3 heterocycles. The maximum Gasteiger partial charge on any atom is 0.353 e. The second-order valence-electron chi connectivity index (χ2n) is 7.78. The summed E-state index contributed by atoms with van der Waals surface area (Å²) in [6, 6.07) is 4.90. The number of aliphatic carboxylic acids is 1. The third kappa shape index (κ3) is 4.06. The van der Waals surface area contributed by atoms with E-state index in [9.17, 15) is 27.9 Å². The number of pyridine rings is 1. The number of hydrogen-bond acceptors (Lipinski definition) is 7. The van der Waals surface area contributed by atoms with Crippen LogP contribution < -0.4 is 0 Å². The molecule has 1 aromatic heterocycles. The van der Waals surface area contributed by atoms with E-state index in [2.05, 4.69) is 11.6 Å². The van der Waals surface area contributed by atoms with Crippen molar-refractivity contribution in [2.24, 2.45) is 0 Å². The van der Waals surface area contributed by atoms with E-state index in [1.807, 2.05) is 0 Å². The Hall–Kier alpha value is -3.53. The number of aromatic nitrogens is 1. The zero-order valence-corrected chi connectivity index (χ0v) is 17.8. The van der Waals surface area contributed by atoms with E-state index < -0.39 is 49.3 Å². The van der Waals surface area contributed by atoms with Crippen LogP contribution in [0, 0.1) is 0 Å². The summed E-state index contributed by atoms with van der Waals surface area (Å²) >= 11 is 0. The van der Waals surface area contributed by atoms with Crippen LogP contribution in [0.5, 0.6) is 0 Å². The van der Waals surface area contributed by atoms with Gasteiger partial charge in [0, 0.05) is 17.8 Å². The lowest BCUT2D eigenvalue weighted by Gasteiger charge is -2.45. The van der Waals surface area contributed by atoms with Crippen molar-refractivity contribution in [1.82, 2.24) is 9.88 Å². The number of fused-ring (bicyclic) bond motifs is 1. The third-order valence-corrected chi connectivity index (χ3v) is 6.35. The van der Waals surface area contributed by atoms with Gasteiger partial charge in [0.25, 0.3) is 5.91 Å². The van der Waals surface area contributed by atoms with Gasteiger partial charge in [-0.2, -0.15) is 0 Å². The Morgan fingerprint density at radius 1 is 1.29 bits per heavy atom. The fourth-order valence-electron chi connectivity index (χ4n) is 3.13. The molecule has 1 saturated heterocycles. The van der Waals surface area contributed by atoms with Crippen molar-refractivity contribution < 1.29 is 32.6 Å². The number of carboxylic acid groups (broad SMARTS) is 1. The number of esters is 1. The fraction of sp³-hybridized carbons (Fsp3) is 0.238. The van der Waals surface area contributed by atoms with E-state index in [1.165, 1.54) is 12.3 Å². The minimum Gasteiger partial charge on any atom is -0.477 e. The van der Waals surface area contributed by atoms with Crippen LogP contribution in [0.15, 0.2) is 64.9 Å². The molecular formula is C21H20N2O7S. The highest BCUT2D eigenvalue weighted by molar-refractivity contribution is 7.96. The van der Waals surface area contributed by atoms with Gasteiger partial charge in [-0.05, 0) is 45.1 Å². The molecule has 0 unspecified atom stereocenters. The van der Waals surface area contributed by atoms with E-state index in [0.29, 0.717) is 10.6 Å². The van der Waals surface area contributed by atoms with Crippen LogP contribution in [0.25, 0.3) is 6.08 Å². The Balaban J connectivity index is 2.08. The quantitative estimate of drug-likeness (QED) is 0.423. The Bertz CT molecular complexity index is 1190. The van der Waals surface area contributed by atoms with Gasteiger partial charge in [0.05, 0.1) is 16.2 Å². The second-order valence-corrected chi connectivity index (χ2v) is 9.81. The van der Waals surface area contributed by atoms with Gasteiger partial charge in [-0.25, -0.2) is 18.0 Å². The molecule has 10 heteroatoms. The molecule has 0 aliphatic carbocycles. The highest BCUT2D eigenvalue weighted by Crippen LogP contribution is 2.45. The van der Waals surface area contributed by atoms with Crippen LogP contribution in [0.2, 0.25) is 0 Å². The lowest BCUT2D eigenvalue weighted by Crippen LogP contribution is -2.61. The molecule has 0 aromatic carbocycles. The first kappa shape index (κ1) is 22.2. The van der Waals surface area contributed by atoms with Crippen molar-refractivity contribution in [3.63, 3.8) is 0 Å². The van der Waals surface area contributed by atoms with Gasteiger partial charge in [-0.15, -0.1) is 0 Å². The molecule has 1 atom stereocenters. The number of sulfone groups is 1. The number of carbonyl (C=O) groups is 3. The third-order valence-electron chi connectivity index (χ3n) is 4.39. The van der Waals surface area contributed by atoms with Crippen LogP contribution in [-0.2, 0) is 29.0 Å². The molecule has 2 aliphatic heterocycles. The predicted molar refractivity (Wildman–Crippen MR) is 111 cm³/mol. The Morgan fingerprint density at radius 3 is 2.52 bits per heavy atom. The molecule has 31 heavy (non-hydrogen) atoms. The first-order chi connectivity index (χ1) is 14.3. The molecule has 0 bridgehead atoms. The summed E-state index contributed by atoms with van der Waals surface area (Å²) in [7, 11) is -4.21. The Morgan fingerprint density at radius 2 is 1.97 bits per heavy atom. The summed E-state index contributed by atoms with van der Waals surface area (Å²) in [5.74, 6) is -3.12. The van der Waals surface area contributed by atoms with E-state index >= 15 is 0 Å². The van der Waals surface area contributed by atoms with Crippen LogP contribution in [0.3, 0.4) is 0 Å². The molecule has 0 saturated carbocycles. The maximum atomic E-state index is 13.0. The Kier molecular flexibility index (Phi) is 5.45. The van der Waals surface area contributed by atoms with Crippen LogP contribution >= 0.6 is 0 Å². The van der Waals surface area contributed by atoms with Crippen LogP contribution in [-0.4, -0.2) is 52.2 Å². The molecule has 162 valence electrons. The van der Waals surface area contributed by atoms with Gasteiger partial charge in [-0.1, -0.05) is 12.6 Å². The van der Waals surface area contributed by atoms with E-state index in [0.717, 1.165) is 12.2 Å². The van der Waals surface area contributed by atoms with E-state index in [4.69, 9.17) is 4.74 Å². The molecule has 2 aliphatic rings. The smallest absolute Gasteiger partial charge is 0.353 e. The molecule has 1 aromatic rings. The molecule has 1 N–H and O–H groups in total.